The van der Waals surface area contributed by atoms with Gasteiger partial charge in [-0.3, -0.25) is 4.90 Å². The van der Waals surface area contributed by atoms with E-state index in [0.717, 1.165) is 11.8 Å². The van der Waals surface area contributed by atoms with Crippen molar-refractivity contribution >= 4 is 23.1 Å². The second-order valence-corrected chi connectivity index (χ2v) is 6.87. The number of nitrogens with two attached hydrogens (primary N) is 1. The molecule has 2 N–H and O–H groups in total. The summed E-state index contributed by atoms with van der Waals surface area (Å²) < 4.78 is 0. The van der Waals surface area contributed by atoms with Crippen LogP contribution in [0.15, 0.2) is 12.1 Å². The van der Waals surface area contributed by atoms with Gasteiger partial charge in [0.25, 0.3) is 0 Å². The van der Waals surface area contributed by atoms with Crippen LogP contribution in [0.4, 0.5) is 0 Å². The molecule has 0 saturated carbocycles. The average molecular weight is 256 g/mol. The molecule has 16 heavy (non-hydrogen) atoms. The van der Waals surface area contributed by atoms with Crippen LogP contribution in [0, 0.1) is 0 Å². The molecule has 0 spiro atoms. The van der Waals surface area contributed by atoms with E-state index in [1.54, 1.807) is 0 Å². The first kappa shape index (κ1) is 12.4. The fourth-order valence-electron chi connectivity index (χ4n) is 2.01. The maximum absolute atomic E-state index is 5.63. The summed E-state index contributed by atoms with van der Waals surface area (Å²) in [6.07, 6.45) is 1.29. The van der Waals surface area contributed by atoms with Crippen molar-refractivity contribution < 1.29 is 0 Å². The first-order valence-electron chi connectivity index (χ1n) is 5.93. The Morgan fingerprint density at radius 1 is 1.44 bits per heavy atom. The Morgan fingerprint density at radius 2 is 2.25 bits per heavy atom. The van der Waals surface area contributed by atoms with Gasteiger partial charge in [0.1, 0.15) is 0 Å². The van der Waals surface area contributed by atoms with E-state index in [1.807, 2.05) is 11.3 Å². The second-order valence-electron chi connectivity index (χ2n) is 4.21. The monoisotopic (exact) mass is 256 g/mol. The molecule has 1 aliphatic rings. The summed E-state index contributed by atoms with van der Waals surface area (Å²) in [5, 5.41) is 0.836. The van der Waals surface area contributed by atoms with E-state index in [4.69, 9.17) is 5.73 Å². The molecule has 1 atom stereocenters. The summed E-state index contributed by atoms with van der Waals surface area (Å²) in [6.45, 7) is 6.56. The van der Waals surface area contributed by atoms with Crippen molar-refractivity contribution in [3.05, 3.63) is 21.9 Å². The highest BCUT2D eigenvalue weighted by molar-refractivity contribution is 8.00. The van der Waals surface area contributed by atoms with Crippen LogP contribution < -0.4 is 5.73 Å². The number of hydrogen-bond acceptors (Lipinski definition) is 4. The molecule has 1 aliphatic heterocycles. The van der Waals surface area contributed by atoms with Crippen molar-refractivity contribution in [3.8, 4) is 0 Å². The Labute approximate surface area is 106 Å². The molecule has 4 heteroatoms. The summed E-state index contributed by atoms with van der Waals surface area (Å²) in [7, 11) is 0. The van der Waals surface area contributed by atoms with Gasteiger partial charge in [-0.15, -0.1) is 11.3 Å². The molecule has 1 aromatic heterocycles. The molecule has 0 bridgehead atoms. The molecule has 0 aliphatic carbocycles. The van der Waals surface area contributed by atoms with Crippen molar-refractivity contribution in [2.45, 2.75) is 31.7 Å². The molecule has 90 valence electrons. The largest absolute Gasteiger partial charge is 0.326 e. The van der Waals surface area contributed by atoms with Gasteiger partial charge in [0, 0.05) is 46.9 Å². The molecule has 1 saturated heterocycles. The Bertz CT molecular complexity index is 325. The van der Waals surface area contributed by atoms with Crippen LogP contribution in [0.25, 0.3) is 0 Å². The zero-order valence-corrected chi connectivity index (χ0v) is 11.4. The average Bonchev–Trinajstić information content (AvgIpc) is 2.77. The number of thiophene rings is 1. The lowest BCUT2D eigenvalue weighted by Gasteiger charge is -2.31. The SMILES string of the molecule is CCC1CN(Cc2ccc(CN)s2)CCS1. The predicted molar refractivity (Wildman–Crippen MR) is 74.0 cm³/mol. The summed E-state index contributed by atoms with van der Waals surface area (Å²) in [5.41, 5.74) is 5.63. The highest BCUT2D eigenvalue weighted by Crippen LogP contribution is 2.24. The fraction of sp³-hybridized carbons (Fsp3) is 0.667. The third-order valence-electron chi connectivity index (χ3n) is 2.98. The van der Waals surface area contributed by atoms with Crippen LogP contribution in [-0.4, -0.2) is 29.0 Å². The van der Waals surface area contributed by atoms with Gasteiger partial charge in [0.05, 0.1) is 0 Å². The minimum absolute atomic E-state index is 0.679. The van der Waals surface area contributed by atoms with Crippen molar-refractivity contribution in [1.82, 2.24) is 4.90 Å². The third-order valence-corrected chi connectivity index (χ3v) is 5.44. The van der Waals surface area contributed by atoms with E-state index in [0.29, 0.717) is 6.54 Å². The number of rotatable bonds is 4. The van der Waals surface area contributed by atoms with E-state index in [2.05, 4.69) is 35.7 Å². The first-order chi connectivity index (χ1) is 7.81. The van der Waals surface area contributed by atoms with E-state index >= 15 is 0 Å². The molecular formula is C12H20N2S2. The Kier molecular flexibility index (Phi) is 4.70. The lowest BCUT2D eigenvalue weighted by molar-refractivity contribution is 0.275. The van der Waals surface area contributed by atoms with E-state index in [-0.39, 0.29) is 0 Å². The molecule has 2 rings (SSSR count). The number of nitrogens with zero attached hydrogens (tertiary/aromatic N) is 1. The van der Waals surface area contributed by atoms with E-state index in [9.17, 15) is 0 Å². The molecule has 1 aromatic rings. The lowest BCUT2D eigenvalue weighted by atomic mass is 10.3. The van der Waals surface area contributed by atoms with Crippen LogP contribution in [0.2, 0.25) is 0 Å². The molecule has 0 radical (unpaired) electrons. The van der Waals surface area contributed by atoms with Gasteiger partial charge in [-0.25, -0.2) is 0 Å². The van der Waals surface area contributed by atoms with Crippen LogP contribution in [0.5, 0.6) is 0 Å². The molecule has 2 nitrogen and oxygen atoms in total. The Hall–Kier alpha value is -0.0300. The van der Waals surface area contributed by atoms with Gasteiger partial charge < -0.3 is 5.73 Å². The quantitative estimate of drug-likeness (QED) is 0.897. The predicted octanol–water partition coefficient (Wildman–Crippen LogP) is 2.53. The van der Waals surface area contributed by atoms with Crippen molar-refractivity contribution in [2.75, 3.05) is 18.8 Å². The summed E-state index contributed by atoms with van der Waals surface area (Å²) in [5.74, 6) is 1.29. The van der Waals surface area contributed by atoms with Crippen LogP contribution >= 0.6 is 23.1 Å². The first-order valence-corrected chi connectivity index (χ1v) is 7.80. The smallest absolute Gasteiger partial charge is 0.0328 e. The summed E-state index contributed by atoms with van der Waals surface area (Å²) >= 11 is 3.99. The van der Waals surface area contributed by atoms with Gasteiger partial charge in [-0.1, -0.05) is 6.92 Å². The summed E-state index contributed by atoms with van der Waals surface area (Å²) in [6, 6.07) is 4.39. The second kappa shape index (κ2) is 6.05. The molecule has 1 unspecified atom stereocenters. The van der Waals surface area contributed by atoms with Crippen molar-refractivity contribution in [2.24, 2.45) is 5.73 Å². The highest BCUT2D eigenvalue weighted by Gasteiger charge is 2.19. The molecule has 1 fully saturated rings. The molecule has 2 heterocycles. The summed E-state index contributed by atoms with van der Waals surface area (Å²) in [4.78, 5) is 5.34. The fourth-order valence-corrected chi connectivity index (χ4v) is 4.20. The zero-order valence-electron chi connectivity index (χ0n) is 9.82. The minimum atomic E-state index is 0.679. The topological polar surface area (TPSA) is 29.3 Å². The van der Waals surface area contributed by atoms with E-state index in [1.165, 1.54) is 35.0 Å². The highest BCUT2D eigenvalue weighted by atomic mass is 32.2. The number of hydrogen-bond donors (Lipinski definition) is 1. The van der Waals surface area contributed by atoms with Crippen LogP contribution in [0.1, 0.15) is 23.1 Å². The maximum atomic E-state index is 5.63. The normalized spacial score (nSPS) is 22.5. The van der Waals surface area contributed by atoms with Crippen LogP contribution in [-0.2, 0) is 13.1 Å². The van der Waals surface area contributed by atoms with Gasteiger partial charge >= 0.3 is 0 Å². The molecule has 0 amide bonds. The van der Waals surface area contributed by atoms with Gasteiger partial charge in [0.2, 0.25) is 0 Å². The van der Waals surface area contributed by atoms with Crippen molar-refractivity contribution in [1.29, 1.82) is 0 Å². The standard InChI is InChI=1S/C12H20N2S2/c1-2-10-8-14(5-6-15-10)9-12-4-3-11(7-13)16-12/h3-4,10H,2,5-9,13H2,1H3. The van der Waals surface area contributed by atoms with Crippen molar-refractivity contribution in [3.63, 3.8) is 0 Å². The minimum Gasteiger partial charge on any atom is -0.326 e. The Morgan fingerprint density at radius 3 is 2.94 bits per heavy atom. The Balaban J connectivity index is 1.88. The van der Waals surface area contributed by atoms with Gasteiger partial charge in [-0.2, -0.15) is 11.8 Å². The lowest BCUT2D eigenvalue weighted by Crippen LogP contribution is -2.36. The van der Waals surface area contributed by atoms with Gasteiger partial charge in [-0.05, 0) is 18.6 Å². The van der Waals surface area contributed by atoms with E-state index < -0.39 is 0 Å². The van der Waals surface area contributed by atoms with Gasteiger partial charge in [0.15, 0.2) is 0 Å². The molecule has 0 aromatic carbocycles. The third kappa shape index (κ3) is 3.23. The maximum Gasteiger partial charge on any atom is 0.0328 e. The van der Waals surface area contributed by atoms with Crippen LogP contribution in [0.3, 0.4) is 0 Å². The molecular weight excluding hydrogens is 236 g/mol. The number of thioether (sulfide) groups is 1. The zero-order chi connectivity index (χ0) is 11.4.